The first-order chi connectivity index (χ1) is 10.7. The fourth-order valence-electron chi connectivity index (χ4n) is 2.04. The number of carbonyl (C=O) groups is 1. The molecule has 1 fully saturated rings. The minimum atomic E-state index is -0.315. The largest absolute Gasteiger partial charge is 0.489 e. The number of nitrogens with one attached hydrogen (secondary N) is 1. The third kappa shape index (κ3) is 3.27. The quantitative estimate of drug-likeness (QED) is 0.892. The molecular weight excluding hydrogens is 285 g/mol. The lowest BCUT2D eigenvalue weighted by atomic mass is 10.3. The molecule has 0 bridgehead atoms. The molecule has 0 saturated heterocycles. The lowest BCUT2D eigenvalue weighted by Gasteiger charge is -2.04. The van der Waals surface area contributed by atoms with E-state index in [1.54, 1.807) is 18.3 Å². The topological polar surface area (TPSA) is 56.2 Å². The minimum Gasteiger partial charge on any atom is -0.489 e. The summed E-state index contributed by atoms with van der Waals surface area (Å²) >= 11 is 0. The van der Waals surface area contributed by atoms with E-state index in [-0.39, 0.29) is 23.5 Å². The fraction of sp³-hybridized carbons (Fsp3) is 0.375. The second-order valence-corrected chi connectivity index (χ2v) is 5.36. The number of hydrogen-bond acceptors (Lipinski definition) is 3. The molecular formula is C16H18FN3O2. The molecule has 1 saturated carbocycles. The van der Waals surface area contributed by atoms with Gasteiger partial charge in [0, 0.05) is 6.04 Å². The van der Waals surface area contributed by atoms with E-state index in [9.17, 15) is 9.18 Å². The molecule has 0 radical (unpaired) electrons. The predicted octanol–water partition coefficient (Wildman–Crippen LogP) is 2.69. The van der Waals surface area contributed by atoms with Gasteiger partial charge in [-0.05, 0) is 43.5 Å². The van der Waals surface area contributed by atoms with Crippen LogP contribution >= 0.6 is 0 Å². The van der Waals surface area contributed by atoms with Crippen molar-refractivity contribution in [1.29, 1.82) is 0 Å². The van der Waals surface area contributed by atoms with E-state index in [2.05, 4.69) is 10.4 Å². The molecule has 6 heteroatoms. The highest BCUT2D eigenvalue weighted by atomic mass is 19.1. The number of ether oxygens (including phenoxy) is 1. The Bertz CT molecular complexity index is 663. The highest BCUT2D eigenvalue weighted by Gasteiger charge is 2.27. The van der Waals surface area contributed by atoms with E-state index >= 15 is 0 Å². The van der Waals surface area contributed by atoms with Gasteiger partial charge in [0.05, 0.1) is 18.5 Å². The number of nitrogens with zero attached hydrogens (tertiary/aromatic N) is 2. The van der Waals surface area contributed by atoms with Crippen LogP contribution in [0.2, 0.25) is 0 Å². The van der Waals surface area contributed by atoms with Crippen molar-refractivity contribution in [3.8, 4) is 11.4 Å². The van der Waals surface area contributed by atoms with Crippen molar-refractivity contribution in [3.05, 3.63) is 42.0 Å². The first kappa shape index (κ1) is 14.6. The summed E-state index contributed by atoms with van der Waals surface area (Å²) in [5.74, 6) is -0.0937. The van der Waals surface area contributed by atoms with Gasteiger partial charge in [-0.25, -0.2) is 9.07 Å². The molecule has 1 N–H and O–H groups in total. The number of halogens is 1. The maximum atomic E-state index is 13.0. The molecule has 22 heavy (non-hydrogen) atoms. The van der Waals surface area contributed by atoms with Crippen molar-refractivity contribution >= 4 is 5.91 Å². The second-order valence-electron chi connectivity index (χ2n) is 5.36. The molecule has 1 aromatic heterocycles. The van der Waals surface area contributed by atoms with Gasteiger partial charge in [0.15, 0.2) is 11.4 Å². The summed E-state index contributed by atoms with van der Waals surface area (Å²) in [7, 11) is 0. The van der Waals surface area contributed by atoms with Gasteiger partial charge in [0.25, 0.3) is 5.91 Å². The molecule has 2 aromatic rings. The van der Waals surface area contributed by atoms with Crippen LogP contribution < -0.4 is 10.1 Å². The molecule has 1 aromatic carbocycles. The Hall–Kier alpha value is -2.37. The van der Waals surface area contributed by atoms with Gasteiger partial charge < -0.3 is 10.1 Å². The van der Waals surface area contributed by atoms with Crippen molar-refractivity contribution in [2.45, 2.75) is 32.2 Å². The third-order valence-corrected chi connectivity index (χ3v) is 3.36. The summed E-state index contributed by atoms with van der Waals surface area (Å²) in [6, 6.07) is 6.17. The number of benzene rings is 1. The molecule has 1 amide bonds. The van der Waals surface area contributed by atoms with Gasteiger partial charge in [0.2, 0.25) is 0 Å². The Morgan fingerprint density at radius 1 is 1.41 bits per heavy atom. The molecule has 0 aliphatic heterocycles. The molecule has 0 spiro atoms. The first-order valence-electron chi connectivity index (χ1n) is 7.46. The normalized spacial score (nSPS) is 13.9. The lowest BCUT2D eigenvalue weighted by Crippen LogP contribution is -2.26. The van der Waals surface area contributed by atoms with Gasteiger partial charge in [-0.15, -0.1) is 0 Å². The van der Waals surface area contributed by atoms with Crippen molar-refractivity contribution in [2.24, 2.45) is 0 Å². The summed E-state index contributed by atoms with van der Waals surface area (Å²) in [6.45, 7) is 2.51. The highest BCUT2D eigenvalue weighted by molar-refractivity contribution is 5.95. The van der Waals surface area contributed by atoms with Crippen LogP contribution in [0.25, 0.3) is 5.69 Å². The Morgan fingerprint density at radius 3 is 2.77 bits per heavy atom. The zero-order valence-corrected chi connectivity index (χ0v) is 12.4. The number of aromatic nitrogens is 2. The van der Waals surface area contributed by atoms with Crippen LogP contribution in [-0.2, 0) is 0 Å². The average molecular weight is 303 g/mol. The van der Waals surface area contributed by atoms with Crippen LogP contribution in [0.3, 0.4) is 0 Å². The summed E-state index contributed by atoms with van der Waals surface area (Å²) in [5, 5.41) is 7.21. The lowest BCUT2D eigenvalue weighted by molar-refractivity contribution is 0.0941. The van der Waals surface area contributed by atoms with E-state index in [4.69, 9.17) is 4.74 Å². The Labute approximate surface area is 128 Å². The Morgan fingerprint density at radius 2 is 2.14 bits per heavy atom. The second kappa shape index (κ2) is 6.17. The zero-order chi connectivity index (χ0) is 15.5. The summed E-state index contributed by atoms with van der Waals surface area (Å²) in [5.41, 5.74) is 0.942. The first-order valence-corrected chi connectivity index (χ1v) is 7.46. The fourth-order valence-corrected chi connectivity index (χ4v) is 2.04. The summed E-state index contributed by atoms with van der Waals surface area (Å²) < 4.78 is 20.2. The molecule has 3 rings (SSSR count). The van der Waals surface area contributed by atoms with Crippen molar-refractivity contribution in [3.63, 3.8) is 0 Å². The van der Waals surface area contributed by atoms with Gasteiger partial charge >= 0.3 is 0 Å². The van der Waals surface area contributed by atoms with E-state index in [0.717, 1.165) is 19.3 Å². The number of amides is 1. The van der Waals surface area contributed by atoms with Gasteiger partial charge in [-0.1, -0.05) is 6.92 Å². The molecule has 1 heterocycles. The van der Waals surface area contributed by atoms with Crippen molar-refractivity contribution in [2.75, 3.05) is 6.61 Å². The minimum absolute atomic E-state index is 0.227. The van der Waals surface area contributed by atoms with E-state index in [0.29, 0.717) is 18.0 Å². The van der Waals surface area contributed by atoms with E-state index in [1.807, 2.05) is 6.92 Å². The highest BCUT2D eigenvalue weighted by Crippen LogP contribution is 2.23. The molecule has 1 aliphatic rings. The van der Waals surface area contributed by atoms with Crippen LogP contribution in [0, 0.1) is 5.82 Å². The number of rotatable bonds is 6. The third-order valence-electron chi connectivity index (χ3n) is 3.36. The maximum Gasteiger partial charge on any atom is 0.275 e. The average Bonchev–Trinajstić information content (AvgIpc) is 3.22. The van der Waals surface area contributed by atoms with E-state index in [1.165, 1.54) is 16.8 Å². The van der Waals surface area contributed by atoms with Crippen LogP contribution in [0.4, 0.5) is 4.39 Å². The van der Waals surface area contributed by atoms with E-state index < -0.39 is 0 Å². The summed E-state index contributed by atoms with van der Waals surface area (Å²) in [6.07, 6.45) is 4.52. The zero-order valence-electron chi connectivity index (χ0n) is 12.4. The monoisotopic (exact) mass is 303 g/mol. The van der Waals surface area contributed by atoms with Gasteiger partial charge in [-0.3, -0.25) is 4.79 Å². The molecule has 1 aliphatic carbocycles. The Balaban J connectivity index is 1.88. The number of carbonyl (C=O) groups excluding carboxylic acids is 1. The van der Waals surface area contributed by atoms with Crippen molar-refractivity contribution < 1.29 is 13.9 Å². The standard InChI is InChI=1S/C16H18FN3O2/c1-2-9-22-14-10-20(13-7-3-11(17)4-8-13)19-15(14)16(21)18-12-5-6-12/h3-4,7-8,10,12H,2,5-6,9H2,1H3,(H,18,21). The Kier molecular flexibility index (Phi) is 4.09. The molecule has 0 unspecified atom stereocenters. The summed E-state index contributed by atoms with van der Waals surface area (Å²) in [4.78, 5) is 12.3. The van der Waals surface area contributed by atoms with Crippen molar-refractivity contribution in [1.82, 2.24) is 15.1 Å². The van der Waals surface area contributed by atoms with Gasteiger partial charge in [-0.2, -0.15) is 5.10 Å². The van der Waals surface area contributed by atoms with Gasteiger partial charge in [0.1, 0.15) is 5.82 Å². The molecule has 5 nitrogen and oxygen atoms in total. The SMILES string of the molecule is CCCOc1cn(-c2ccc(F)cc2)nc1C(=O)NC1CC1. The maximum absolute atomic E-state index is 13.0. The molecule has 0 atom stereocenters. The van der Waals surface area contributed by atoms with Crippen LogP contribution in [0.15, 0.2) is 30.5 Å². The van der Waals surface area contributed by atoms with Crippen LogP contribution in [-0.4, -0.2) is 28.3 Å². The smallest absolute Gasteiger partial charge is 0.275 e. The van der Waals surface area contributed by atoms with Crippen LogP contribution in [0.5, 0.6) is 5.75 Å². The van der Waals surface area contributed by atoms with Crippen LogP contribution in [0.1, 0.15) is 36.7 Å². The number of hydrogen-bond donors (Lipinski definition) is 1. The predicted molar refractivity (Wildman–Crippen MR) is 79.8 cm³/mol. The molecule has 116 valence electrons.